The number of aromatic amines is 1. The van der Waals surface area contributed by atoms with Crippen molar-refractivity contribution in [2.45, 2.75) is 33.6 Å². The van der Waals surface area contributed by atoms with Gasteiger partial charge < -0.3 is 9.30 Å². The molecule has 0 aliphatic carbocycles. The molecule has 0 atom stereocenters. The zero-order chi connectivity index (χ0) is 26.5. The number of H-pyrrole nitrogens is 1. The summed E-state index contributed by atoms with van der Waals surface area (Å²) in [5.41, 5.74) is 6.04. The number of hydrogen-bond donors (Lipinski definition) is 1. The van der Waals surface area contributed by atoms with Crippen molar-refractivity contribution in [2.24, 2.45) is 0 Å². The highest BCUT2D eigenvalue weighted by molar-refractivity contribution is 6.17. The fraction of sp³-hybridized carbons (Fsp3) is 0.179. The van der Waals surface area contributed by atoms with E-state index in [1.807, 2.05) is 73.0 Å². The molecule has 0 aliphatic heterocycles. The molecule has 0 bridgehead atoms. The van der Waals surface area contributed by atoms with E-state index < -0.39 is 0 Å². The van der Waals surface area contributed by atoms with Crippen LogP contribution in [0.4, 0.5) is 0 Å². The first-order chi connectivity index (χ1) is 18.5. The third-order valence-electron chi connectivity index (χ3n) is 6.26. The highest BCUT2D eigenvalue weighted by atomic mass is 16.5. The number of benzene rings is 2. The molecule has 38 heavy (non-hydrogen) atoms. The van der Waals surface area contributed by atoms with Crippen LogP contribution < -0.4 is 0 Å². The summed E-state index contributed by atoms with van der Waals surface area (Å²) in [5, 5.41) is 23.8. The molecule has 0 saturated heterocycles. The number of aromatic nitrogens is 7. The molecule has 0 amide bonds. The molecule has 10 nitrogen and oxygen atoms in total. The lowest BCUT2D eigenvalue weighted by atomic mass is 10.0. The molecule has 5 rings (SSSR count). The molecule has 2 aromatic carbocycles. The number of ketones is 1. The lowest BCUT2D eigenvalue weighted by molar-refractivity contribution is 0.101. The van der Waals surface area contributed by atoms with Gasteiger partial charge in [-0.25, -0.2) is 15.1 Å². The Kier molecular flexibility index (Phi) is 7.10. The molecular weight excluding hydrogens is 480 g/mol. The zero-order valence-corrected chi connectivity index (χ0v) is 20.9. The minimum atomic E-state index is -0.0546. The van der Waals surface area contributed by atoms with Crippen molar-refractivity contribution >= 4 is 22.9 Å². The van der Waals surface area contributed by atoms with E-state index in [1.54, 1.807) is 6.20 Å². The molecule has 3 heterocycles. The van der Waals surface area contributed by atoms with Crippen LogP contribution in [-0.4, -0.2) is 40.9 Å². The van der Waals surface area contributed by atoms with E-state index in [0.717, 1.165) is 27.8 Å². The molecule has 0 saturated carbocycles. The van der Waals surface area contributed by atoms with Gasteiger partial charge in [-0.15, -0.1) is 5.10 Å². The normalized spacial score (nSPS) is 11.3. The Morgan fingerprint density at radius 3 is 2.76 bits per heavy atom. The second-order valence-corrected chi connectivity index (χ2v) is 8.80. The van der Waals surface area contributed by atoms with Gasteiger partial charge in [0.1, 0.15) is 18.6 Å². The van der Waals surface area contributed by atoms with E-state index in [9.17, 15) is 10.1 Å². The van der Waals surface area contributed by atoms with Crippen LogP contribution in [0.5, 0.6) is 0 Å². The van der Waals surface area contributed by atoms with Crippen molar-refractivity contribution in [3.05, 3.63) is 106 Å². The van der Waals surface area contributed by atoms with Crippen molar-refractivity contribution in [1.82, 2.24) is 35.2 Å². The number of nitrogens with zero attached hydrogens (tertiary/aromatic N) is 7. The number of nitrogens with one attached hydrogen (secondary N) is 1. The maximum atomic E-state index is 13.4. The largest absolute Gasteiger partial charge is 0.369 e. The van der Waals surface area contributed by atoms with Crippen LogP contribution in [0.3, 0.4) is 0 Å². The first-order valence-electron chi connectivity index (χ1n) is 11.9. The molecule has 0 radical (unpaired) electrons. The number of carbonyl (C=O) groups excluding carboxylic acids is 1. The number of aryl methyl sites for hydroxylation is 1. The lowest BCUT2D eigenvalue weighted by Gasteiger charge is -2.07. The average Bonchev–Trinajstić information content (AvgIpc) is 3.55. The van der Waals surface area contributed by atoms with Crippen molar-refractivity contribution in [3.8, 4) is 6.07 Å². The van der Waals surface area contributed by atoms with Crippen LogP contribution >= 0.6 is 0 Å². The zero-order valence-electron chi connectivity index (χ0n) is 20.9. The quantitative estimate of drug-likeness (QED) is 0.297. The molecule has 1 N–H and O–H groups in total. The van der Waals surface area contributed by atoms with Crippen LogP contribution in [0.25, 0.3) is 17.1 Å². The minimum absolute atomic E-state index is 0.0546. The van der Waals surface area contributed by atoms with Crippen LogP contribution in [0.2, 0.25) is 0 Å². The first-order valence-corrected chi connectivity index (χ1v) is 11.9. The SMILES string of the molecule is Cc1ccc(C(=O)c2c(C)n(C/C=C/c3ccc(COCc4nnn[nH]4)c(C#N)c3)c3ncncc23)cc1. The highest BCUT2D eigenvalue weighted by Gasteiger charge is 2.21. The smallest absolute Gasteiger partial charge is 0.195 e. The summed E-state index contributed by atoms with van der Waals surface area (Å²) in [5.74, 6) is 0.464. The maximum absolute atomic E-state index is 13.4. The van der Waals surface area contributed by atoms with E-state index in [2.05, 4.69) is 36.7 Å². The topological polar surface area (TPSA) is 135 Å². The molecular formula is C28H24N8O2. The van der Waals surface area contributed by atoms with E-state index in [1.165, 1.54) is 6.33 Å². The predicted molar refractivity (Wildman–Crippen MR) is 140 cm³/mol. The van der Waals surface area contributed by atoms with Crippen LogP contribution in [-0.2, 0) is 24.5 Å². The maximum Gasteiger partial charge on any atom is 0.195 e. The summed E-state index contributed by atoms with van der Waals surface area (Å²) in [4.78, 5) is 22.0. The average molecular weight is 505 g/mol. The van der Waals surface area contributed by atoms with E-state index >= 15 is 0 Å². The van der Waals surface area contributed by atoms with Crippen LogP contribution in [0.15, 0.2) is 61.1 Å². The molecule has 3 aromatic heterocycles. The molecule has 0 aliphatic rings. The van der Waals surface area contributed by atoms with E-state index in [4.69, 9.17) is 4.74 Å². The highest BCUT2D eigenvalue weighted by Crippen LogP contribution is 2.27. The van der Waals surface area contributed by atoms with Crippen molar-refractivity contribution in [3.63, 3.8) is 0 Å². The lowest BCUT2D eigenvalue weighted by Crippen LogP contribution is -2.05. The van der Waals surface area contributed by atoms with Crippen LogP contribution in [0, 0.1) is 25.2 Å². The molecule has 188 valence electrons. The van der Waals surface area contributed by atoms with Gasteiger partial charge in [0.15, 0.2) is 11.6 Å². The fourth-order valence-electron chi connectivity index (χ4n) is 4.28. The number of hydrogen-bond acceptors (Lipinski definition) is 8. The summed E-state index contributed by atoms with van der Waals surface area (Å²) in [7, 11) is 0. The number of allylic oxidation sites excluding steroid dienone is 1. The molecule has 10 heteroatoms. The molecule has 0 spiro atoms. The second kappa shape index (κ2) is 10.9. The Labute approximate surface area is 218 Å². The van der Waals surface area contributed by atoms with Crippen molar-refractivity contribution in [2.75, 3.05) is 0 Å². The van der Waals surface area contributed by atoms with Gasteiger partial charge in [-0.2, -0.15) is 5.26 Å². The third kappa shape index (κ3) is 5.09. The van der Waals surface area contributed by atoms with Gasteiger partial charge in [-0.3, -0.25) is 4.79 Å². The minimum Gasteiger partial charge on any atom is -0.369 e. The van der Waals surface area contributed by atoms with Crippen LogP contribution in [0.1, 0.15) is 49.7 Å². The second-order valence-electron chi connectivity index (χ2n) is 8.80. The first kappa shape index (κ1) is 24.7. The third-order valence-corrected chi connectivity index (χ3v) is 6.26. The molecule has 0 fully saturated rings. The van der Waals surface area contributed by atoms with Gasteiger partial charge in [0.2, 0.25) is 0 Å². The van der Waals surface area contributed by atoms with Gasteiger partial charge in [-0.05, 0) is 41.5 Å². The molecule has 5 aromatic rings. The number of fused-ring (bicyclic) bond motifs is 1. The Balaban J connectivity index is 1.35. The van der Waals surface area contributed by atoms with Gasteiger partial charge in [0, 0.05) is 29.4 Å². The number of rotatable bonds is 9. The number of nitriles is 1. The van der Waals surface area contributed by atoms with Gasteiger partial charge in [0.25, 0.3) is 0 Å². The Morgan fingerprint density at radius 2 is 2.00 bits per heavy atom. The summed E-state index contributed by atoms with van der Waals surface area (Å²) < 4.78 is 7.61. The van der Waals surface area contributed by atoms with Gasteiger partial charge in [0.05, 0.1) is 23.8 Å². The number of tetrazole rings is 1. The van der Waals surface area contributed by atoms with Crippen molar-refractivity contribution < 1.29 is 9.53 Å². The number of ether oxygens (including phenoxy) is 1. The monoisotopic (exact) mass is 504 g/mol. The summed E-state index contributed by atoms with van der Waals surface area (Å²) in [6.45, 7) is 4.90. The Bertz CT molecular complexity index is 1660. The van der Waals surface area contributed by atoms with E-state index in [0.29, 0.717) is 34.7 Å². The number of carbonyl (C=O) groups is 1. The van der Waals surface area contributed by atoms with Crippen molar-refractivity contribution in [1.29, 1.82) is 5.26 Å². The summed E-state index contributed by atoms with van der Waals surface area (Å²) >= 11 is 0. The fourth-order valence-corrected chi connectivity index (χ4v) is 4.28. The van der Waals surface area contributed by atoms with E-state index in [-0.39, 0.29) is 19.0 Å². The Hall–Kier alpha value is -5.01. The van der Waals surface area contributed by atoms with Gasteiger partial charge >= 0.3 is 0 Å². The summed E-state index contributed by atoms with van der Waals surface area (Å²) in [6.07, 6.45) is 7.11. The van der Waals surface area contributed by atoms with Gasteiger partial charge in [-0.1, -0.05) is 54.1 Å². The standard InChI is InChI=1S/C28H24N8O2/c1-18-5-8-21(9-6-18)27(37)26-19(2)36(28-24(26)14-30-17-31-28)11-3-4-20-7-10-22(23(12-20)13-29)15-38-16-25-32-34-35-33-25/h3-10,12,14,17H,11,15-16H2,1-2H3,(H,32,33,34,35)/b4-3+. The predicted octanol–water partition coefficient (Wildman–Crippen LogP) is 4.09. The molecule has 0 unspecified atom stereocenters. The summed E-state index contributed by atoms with van der Waals surface area (Å²) in [6, 6.07) is 15.4. The Morgan fingerprint density at radius 1 is 1.16 bits per heavy atom.